The highest BCUT2D eigenvalue weighted by Crippen LogP contribution is 2.36. The molecule has 0 heterocycles. The van der Waals surface area contributed by atoms with Gasteiger partial charge in [0.25, 0.3) is 0 Å². The Bertz CT molecular complexity index is 1020. The summed E-state index contributed by atoms with van der Waals surface area (Å²) in [6, 6.07) is 38.1. The number of benzene rings is 4. The molecule has 0 unspecified atom stereocenters. The molecule has 0 aliphatic carbocycles. The van der Waals surface area contributed by atoms with Gasteiger partial charge in [-0.3, -0.25) is 5.32 Å². The zero-order chi connectivity index (χ0) is 22.2. The lowest BCUT2D eigenvalue weighted by atomic mass is 9.77. The van der Waals surface area contributed by atoms with Crippen LogP contribution < -0.4 is 14.8 Å². The Kier molecular flexibility index (Phi) is 6.88. The molecular weight excluding hydrogens is 394 g/mol. The van der Waals surface area contributed by atoms with Crippen LogP contribution in [-0.4, -0.2) is 20.8 Å². The lowest BCUT2D eigenvalue weighted by molar-refractivity contribution is 0.354. The highest BCUT2D eigenvalue weighted by Gasteiger charge is 2.35. The van der Waals surface area contributed by atoms with Crippen molar-refractivity contribution >= 4 is 0 Å². The van der Waals surface area contributed by atoms with Crippen LogP contribution in [-0.2, 0) is 12.0 Å². The van der Waals surface area contributed by atoms with Crippen molar-refractivity contribution in [2.24, 2.45) is 0 Å². The standard InChI is InChI=1S/C29H29NO2/c1-31-27-19-18-23(22-28(27)32-2)20-21-30-29(24-12-6-3-7-13-24,25-14-8-4-9-15-25)26-16-10-5-11-17-26/h3-19,22,30H,20-21H2,1-2H3. The van der Waals surface area contributed by atoms with E-state index in [-0.39, 0.29) is 0 Å². The van der Waals surface area contributed by atoms with E-state index in [1.54, 1.807) is 14.2 Å². The summed E-state index contributed by atoms with van der Waals surface area (Å²) in [4.78, 5) is 0. The highest BCUT2D eigenvalue weighted by atomic mass is 16.5. The second-order valence-electron chi connectivity index (χ2n) is 7.71. The summed E-state index contributed by atoms with van der Waals surface area (Å²) < 4.78 is 10.9. The third-order valence-corrected chi connectivity index (χ3v) is 5.87. The lowest BCUT2D eigenvalue weighted by Crippen LogP contribution is -2.45. The van der Waals surface area contributed by atoms with Gasteiger partial charge in [0.1, 0.15) is 0 Å². The molecule has 0 saturated carbocycles. The van der Waals surface area contributed by atoms with Gasteiger partial charge in [-0.05, 0) is 40.8 Å². The molecule has 0 aliphatic rings. The quantitative estimate of drug-likeness (QED) is 0.344. The fourth-order valence-electron chi connectivity index (χ4n) is 4.30. The largest absolute Gasteiger partial charge is 0.493 e. The van der Waals surface area contributed by atoms with Crippen LogP contribution in [0.1, 0.15) is 22.3 Å². The highest BCUT2D eigenvalue weighted by molar-refractivity contribution is 5.49. The molecular formula is C29H29NO2. The molecule has 1 N–H and O–H groups in total. The summed E-state index contributed by atoms with van der Waals surface area (Å²) in [5.74, 6) is 1.50. The van der Waals surface area contributed by atoms with Crippen LogP contribution in [0.5, 0.6) is 11.5 Å². The van der Waals surface area contributed by atoms with E-state index >= 15 is 0 Å². The molecule has 0 radical (unpaired) electrons. The molecule has 3 heteroatoms. The van der Waals surface area contributed by atoms with Gasteiger partial charge in [0, 0.05) is 6.54 Å². The second kappa shape index (κ2) is 10.2. The van der Waals surface area contributed by atoms with Gasteiger partial charge in [0.05, 0.1) is 19.8 Å². The van der Waals surface area contributed by atoms with E-state index in [9.17, 15) is 0 Å². The fraction of sp³-hybridized carbons (Fsp3) is 0.172. The molecule has 162 valence electrons. The summed E-state index contributed by atoms with van der Waals surface area (Å²) in [7, 11) is 3.33. The Hall–Kier alpha value is -3.56. The average molecular weight is 424 g/mol. The van der Waals surface area contributed by atoms with Crippen molar-refractivity contribution in [3.05, 3.63) is 131 Å². The summed E-state index contributed by atoms with van der Waals surface area (Å²) >= 11 is 0. The van der Waals surface area contributed by atoms with Crippen molar-refractivity contribution in [1.82, 2.24) is 5.32 Å². The van der Waals surface area contributed by atoms with Gasteiger partial charge in [-0.2, -0.15) is 0 Å². The van der Waals surface area contributed by atoms with Crippen LogP contribution in [0.4, 0.5) is 0 Å². The summed E-state index contributed by atoms with van der Waals surface area (Å²) in [5.41, 5.74) is 4.37. The van der Waals surface area contributed by atoms with E-state index in [4.69, 9.17) is 9.47 Å². The first-order chi connectivity index (χ1) is 15.8. The Morgan fingerprint density at radius 3 is 1.50 bits per heavy atom. The monoisotopic (exact) mass is 423 g/mol. The van der Waals surface area contributed by atoms with Crippen LogP contribution in [0, 0.1) is 0 Å². The molecule has 0 atom stereocenters. The van der Waals surface area contributed by atoms with Crippen LogP contribution in [0.2, 0.25) is 0 Å². The lowest BCUT2D eigenvalue weighted by Gasteiger charge is -2.37. The predicted octanol–water partition coefficient (Wildman–Crippen LogP) is 5.83. The van der Waals surface area contributed by atoms with Crippen molar-refractivity contribution < 1.29 is 9.47 Å². The first-order valence-corrected chi connectivity index (χ1v) is 10.9. The van der Waals surface area contributed by atoms with Crippen molar-refractivity contribution in [3.8, 4) is 11.5 Å². The van der Waals surface area contributed by atoms with E-state index < -0.39 is 5.54 Å². The molecule has 0 fully saturated rings. The topological polar surface area (TPSA) is 30.5 Å². The fourth-order valence-corrected chi connectivity index (χ4v) is 4.30. The maximum absolute atomic E-state index is 5.49. The molecule has 4 rings (SSSR count). The van der Waals surface area contributed by atoms with Gasteiger partial charge < -0.3 is 9.47 Å². The number of hydrogen-bond acceptors (Lipinski definition) is 3. The molecule has 0 spiro atoms. The SMILES string of the molecule is COc1ccc(CCNC(c2ccccc2)(c2ccccc2)c2ccccc2)cc1OC. The number of methoxy groups -OCH3 is 2. The van der Waals surface area contributed by atoms with Crippen LogP contribution in [0.3, 0.4) is 0 Å². The Balaban J connectivity index is 1.72. The Morgan fingerprint density at radius 1 is 0.594 bits per heavy atom. The number of rotatable bonds is 9. The Labute approximate surface area is 190 Å². The zero-order valence-electron chi connectivity index (χ0n) is 18.6. The minimum Gasteiger partial charge on any atom is -0.493 e. The van der Waals surface area contributed by atoms with Crippen molar-refractivity contribution in [1.29, 1.82) is 0 Å². The van der Waals surface area contributed by atoms with E-state index in [0.29, 0.717) is 0 Å². The molecule has 0 saturated heterocycles. The molecule has 32 heavy (non-hydrogen) atoms. The maximum Gasteiger partial charge on any atom is 0.160 e. The zero-order valence-corrected chi connectivity index (χ0v) is 18.6. The minimum atomic E-state index is -0.458. The summed E-state index contributed by atoms with van der Waals surface area (Å²) in [5, 5.41) is 3.92. The first-order valence-electron chi connectivity index (χ1n) is 10.9. The van der Waals surface area contributed by atoms with E-state index in [2.05, 4.69) is 108 Å². The average Bonchev–Trinajstić information content (AvgIpc) is 2.88. The van der Waals surface area contributed by atoms with E-state index in [1.165, 1.54) is 22.3 Å². The van der Waals surface area contributed by atoms with E-state index in [1.807, 2.05) is 6.07 Å². The van der Waals surface area contributed by atoms with Crippen LogP contribution in [0.25, 0.3) is 0 Å². The van der Waals surface area contributed by atoms with Gasteiger partial charge in [-0.25, -0.2) is 0 Å². The maximum atomic E-state index is 5.49. The van der Waals surface area contributed by atoms with Crippen LogP contribution >= 0.6 is 0 Å². The number of hydrogen-bond donors (Lipinski definition) is 1. The van der Waals surface area contributed by atoms with Crippen molar-refractivity contribution in [2.45, 2.75) is 12.0 Å². The molecule has 0 aromatic heterocycles. The van der Waals surface area contributed by atoms with Crippen molar-refractivity contribution in [2.75, 3.05) is 20.8 Å². The van der Waals surface area contributed by atoms with Crippen LogP contribution in [0.15, 0.2) is 109 Å². The van der Waals surface area contributed by atoms with Crippen molar-refractivity contribution in [3.63, 3.8) is 0 Å². The summed E-state index contributed by atoms with van der Waals surface area (Å²) in [6.07, 6.45) is 0.856. The van der Waals surface area contributed by atoms with Gasteiger partial charge in [0.15, 0.2) is 11.5 Å². The first kappa shape index (κ1) is 21.7. The van der Waals surface area contributed by atoms with Gasteiger partial charge >= 0.3 is 0 Å². The summed E-state index contributed by atoms with van der Waals surface area (Å²) in [6.45, 7) is 0.786. The molecule has 0 bridgehead atoms. The molecule has 3 nitrogen and oxygen atoms in total. The molecule has 4 aromatic carbocycles. The van der Waals surface area contributed by atoms with E-state index in [0.717, 1.165) is 24.5 Å². The molecule has 0 amide bonds. The predicted molar refractivity (Wildman–Crippen MR) is 130 cm³/mol. The number of ether oxygens (including phenoxy) is 2. The molecule has 4 aromatic rings. The second-order valence-corrected chi connectivity index (χ2v) is 7.71. The smallest absolute Gasteiger partial charge is 0.160 e. The normalized spacial score (nSPS) is 11.2. The minimum absolute atomic E-state index is 0.458. The van der Waals surface area contributed by atoms with Gasteiger partial charge in [-0.15, -0.1) is 0 Å². The van der Waals surface area contributed by atoms with Gasteiger partial charge in [0.2, 0.25) is 0 Å². The number of nitrogens with one attached hydrogen (secondary N) is 1. The Morgan fingerprint density at radius 2 is 1.06 bits per heavy atom. The third-order valence-electron chi connectivity index (χ3n) is 5.87. The molecule has 0 aliphatic heterocycles. The third kappa shape index (κ3) is 4.39. The van der Waals surface area contributed by atoms with Gasteiger partial charge in [-0.1, -0.05) is 97.1 Å².